The number of carbonyl (C=O) groups is 1. The Morgan fingerprint density at radius 2 is 1.93 bits per heavy atom. The first-order valence-electron chi connectivity index (χ1n) is 9.24. The number of anilines is 1. The average Bonchev–Trinajstić information content (AvgIpc) is 3.05. The summed E-state index contributed by atoms with van der Waals surface area (Å²) in [4.78, 5) is 32.3. The van der Waals surface area contributed by atoms with Crippen molar-refractivity contribution in [1.82, 2.24) is 20.2 Å². The molecule has 0 aliphatic carbocycles. The second-order valence-corrected chi connectivity index (χ2v) is 7.28. The predicted octanol–water partition coefficient (Wildman–Crippen LogP) is 3.18. The van der Waals surface area contributed by atoms with Crippen LogP contribution in [0.15, 0.2) is 47.3 Å². The SMILES string of the molecule is CC(C)Cc1nc2ccc(NC(=O)Cc3n[nH]c(=O)c4ccccc34)cc2[nH]1. The molecule has 3 N–H and O–H groups in total. The van der Waals surface area contributed by atoms with Crippen molar-refractivity contribution in [2.45, 2.75) is 26.7 Å². The van der Waals surface area contributed by atoms with Gasteiger partial charge in [0, 0.05) is 17.5 Å². The lowest BCUT2D eigenvalue weighted by atomic mass is 10.1. The number of rotatable bonds is 5. The highest BCUT2D eigenvalue weighted by molar-refractivity contribution is 5.96. The van der Waals surface area contributed by atoms with Crippen molar-refractivity contribution in [3.8, 4) is 0 Å². The molecule has 28 heavy (non-hydrogen) atoms. The van der Waals surface area contributed by atoms with E-state index in [1.54, 1.807) is 18.2 Å². The molecule has 2 aromatic carbocycles. The van der Waals surface area contributed by atoms with Crippen LogP contribution in [0.2, 0.25) is 0 Å². The van der Waals surface area contributed by atoms with E-state index >= 15 is 0 Å². The number of nitrogens with one attached hydrogen (secondary N) is 3. The van der Waals surface area contributed by atoms with Gasteiger partial charge in [-0.3, -0.25) is 9.59 Å². The number of hydrogen-bond acceptors (Lipinski definition) is 4. The minimum absolute atomic E-state index is 0.0664. The number of amides is 1. The van der Waals surface area contributed by atoms with E-state index in [2.05, 4.69) is 39.3 Å². The first-order valence-corrected chi connectivity index (χ1v) is 9.24. The molecule has 0 aliphatic heterocycles. The normalized spacial score (nSPS) is 11.4. The second kappa shape index (κ2) is 7.26. The Kier molecular flexibility index (Phi) is 4.65. The number of aromatic amines is 2. The minimum Gasteiger partial charge on any atom is -0.342 e. The van der Waals surface area contributed by atoms with Gasteiger partial charge in [-0.15, -0.1) is 0 Å². The fourth-order valence-corrected chi connectivity index (χ4v) is 3.29. The number of aromatic nitrogens is 4. The van der Waals surface area contributed by atoms with Crippen LogP contribution in [0, 0.1) is 5.92 Å². The Hall–Kier alpha value is -3.48. The lowest BCUT2D eigenvalue weighted by Crippen LogP contribution is -2.18. The lowest BCUT2D eigenvalue weighted by molar-refractivity contribution is -0.115. The van der Waals surface area contributed by atoms with Crippen molar-refractivity contribution in [3.05, 3.63) is 64.3 Å². The van der Waals surface area contributed by atoms with Gasteiger partial charge in [0.15, 0.2) is 0 Å². The smallest absolute Gasteiger partial charge is 0.272 e. The molecule has 0 saturated carbocycles. The summed E-state index contributed by atoms with van der Waals surface area (Å²) in [5.41, 5.74) is 2.73. The maximum absolute atomic E-state index is 12.5. The Bertz CT molecular complexity index is 1220. The highest BCUT2D eigenvalue weighted by Crippen LogP contribution is 2.19. The first kappa shape index (κ1) is 17.9. The predicted molar refractivity (Wildman–Crippen MR) is 109 cm³/mol. The van der Waals surface area contributed by atoms with Crippen LogP contribution in [0.25, 0.3) is 21.8 Å². The first-order chi connectivity index (χ1) is 13.5. The molecule has 7 nitrogen and oxygen atoms in total. The lowest BCUT2D eigenvalue weighted by Gasteiger charge is -2.07. The molecule has 4 aromatic rings. The van der Waals surface area contributed by atoms with Crippen molar-refractivity contribution in [3.63, 3.8) is 0 Å². The van der Waals surface area contributed by atoms with Crippen LogP contribution in [0.3, 0.4) is 0 Å². The maximum Gasteiger partial charge on any atom is 0.272 e. The van der Waals surface area contributed by atoms with Gasteiger partial charge in [0.25, 0.3) is 5.56 Å². The van der Waals surface area contributed by atoms with Crippen LogP contribution in [-0.4, -0.2) is 26.1 Å². The van der Waals surface area contributed by atoms with Gasteiger partial charge < -0.3 is 10.3 Å². The fraction of sp³-hybridized carbons (Fsp3) is 0.238. The van der Waals surface area contributed by atoms with E-state index in [4.69, 9.17) is 0 Å². The summed E-state index contributed by atoms with van der Waals surface area (Å²) in [6.07, 6.45) is 0.943. The quantitative estimate of drug-likeness (QED) is 0.498. The zero-order chi connectivity index (χ0) is 19.7. The molecule has 2 heterocycles. The molecule has 0 saturated heterocycles. The molecule has 142 valence electrons. The van der Waals surface area contributed by atoms with Crippen LogP contribution in [0.4, 0.5) is 5.69 Å². The van der Waals surface area contributed by atoms with Gasteiger partial charge in [0.2, 0.25) is 5.91 Å². The Balaban J connectivity index is 1.54. The van der Waals surface area contributed by atoms with Gasteiger partial charge in [-0.05, 0) is 30.2 Å². The van der Waals surface area contributed by atoms with E-state index in [-0.39, 0.29) is 17.9 Å². The Morgan fingerprint density at radius 1 is 1.14 bits per heavy atom. The van der Waals surface area contributed by atoms with Crippen molar-refractivity contribution in [2.24, 2.45) is 5.92 Å². The summed E-state index contributed by atoms with van der Waals surface area (Å²) < 4.78 is 0. The zero-order valence-electron chi connectivity index (χ0n) is 15.7. The largest absolute Gasteiger partial charge is 0.342 e. The van der Waals surface area contributed by atoms with Crippen LogP contribution in [0.1, 0.15) is 25.4 Å². The molecule has 0 spiro atoms. The number of fused-ring (bicyclic) bond motifs is 2. The topological polar surface area (TPSA) is 104 Å². The molecule has 0 unspecified atom stereocenters. The summed E-state index contributed by atoms with van der Waals surface area (Å²) in [6.45, 7) is 4.29. The third-order valence-electron chi connectivity index (χ3n) is 4.52. The van der Waals surface area contributed by atoms with E-state index in [9.17, 15) is 9.59 Å². The minimum atomic E-state index is -0.262. The summed E-state index contributed by atoms with van der Waals surface area (Å²) in [6, 6.07) is 12.7. The average molecular weight is 375 g/mol. The van der Waals surface area contributed by atoms with Gasteiger partial charge >= 0.3 is 0 Å². The van der Waals surface area contributed by atoms with Crippen LogP contribution >= 0.6 is 0 Å². The summed E-state index contributed by atoms with van der Waals surface area (Å²) >= 11 is 0. The van der Waals surface area contributed by atoms with E-state index < -0.39 is 0 Å². The zero-order valence-corrected chi connectivity index (χ0v) is 15.7. The van der Waals surface area contributed by atoms with Gasteiger partial charge in [-0.1, -0.05) is 32.0 Å². The molecular weight excluding hydrogens is 354 g/mol. The molecule has 0 bridgehead atoms. The van der Waals surface area contributed by atoms with Gasteiger partial charge in [-0.25, -0.2) is 10.1 Å². The molecule has 0 atom stereocenters. The number of H-pyrrole nitrogens is 2. The molecule has 0 fully saturated rings. The Morgan fingerprint density at radius 3 is 2.71 bits per heavy atom. The van der Waals surface area contributed by atoms with E-state index in [0.29, 0.717) is 28.1 Å². The summed E-state index contributed by atoms with van der Waals surface area (Å²) in [5, 5.41) is 10.6. The van der Waals surface area contributed by atoms with Gasteiger partial charge in [-0.2, -0.15) is 5.10 Å². The number of carbonyl (C=O) groups excluding carboxylic acids is 1. The molecule has 2 aromatic heterocycles. The summed E-state index contributed by atoms with van der Waals surface area (Å²) in [5.74, 6) is 1.25. The standard InChI is InChI=1S/C21H21N5O2/c1-12(2)9-19-23-16-8-7-13(10-18(16)24-19)22-20(27)11-17-14-5-3-4-6-15(14)21(28)26-25-17/h3-8,10,12H,9,11H2,1-2H3,(H,22,27)(H,23,24)(H,26,28). The highest BCUT2D eigenvalue weighted by Gasteiger charge is 2.12. The van der Waals surface area contributed by atoms with E-state index in [0.717, 1.165) is 23.3 Å². The van der Waals surface area contributed by atoms with Gasteiger partial charge in [0.1, 0.15) is 5.82 Å². The molecular formula is C21H21N5O2. The number of hydrogen-bond donors (Lipinski definition) is 3. The van der Waals surface area contributed by atoms with Crippen LogP contribution < -0.4 is 10.9 Å². The third-order valence-corrected chi connectivity index (χ3v) is 4.52. The van der Waals surface area contributed by atoms with Crippen molar-refractivity contribution in [1.29, 1.82) is 0 Å². The fourth-order valence-electron chi connectivity index (χ4n) is 3.29. The summed E-state index contributed by atoms with van der Waals surface area (Å²) in [7, 11) is 0. The third kappa shape index (κ3) is 3.64. The number of imidazole rings is 1. The van der Waals surface area contributed by atoms with Crippen molar-refractivity contribution >= 4 is 33.4 Å². The van der Waals surface area contributed by atoms with Crippen molar-refractivity contribution in [2.75, 3.05) is 5.32 Å². The molecule has 0 aliphatic rings. The van der Waals surface area contributed by atoms with Gasteiger partial charge in [0.05, 0.1) is 28.5 Å². The molecule has 1 amide bonds. The highest BCUT2D eigenvalue weighted by atomic mass is 16.1. The second-order valence-electron chi connectivity index (χ2n) is 7.28. The van der Waals surface area contributed by atoms with Crippen molar-refractivity contribution < 1.29 is 4.79 Å². The number of benzene rings is 2. The Labute approximate surface area is 161 Å². The number of nitrogens with zero attached hydrogens (tertiary/aromatic N) is 2. The van der Waals surface area contributed by atoms with Crippen LogP contribution in [-0.2, 0) is 17.6 Å². The van der Waals surface area contributed by atoms with E-state index in [1.807, 2.05) is 24.3 Å². The molecule has 7 heteroatoms. The molecule has 4 rings (SSSR count). The van der Waals surface area contributed by atoms with Crippen LogP contribution in [0.5, 0.6) is 0 Å². The monoisotopic (exact) mass is 375 g/mol. The molecule has 0 radical (unpaired) electrons. The maximum atomic E-state index is 12.5. The van der Waals surface area contributed by atoms with E-state index in [1.165, 1.54) is 0 Å².